The van der Waals surface area contributed by atoms with Crippen molar-refractivity contribution in [1.82, 2.24) is 5.32 Å². The fourth-order valence-electron chi connectivity index (χ4n) is 2.15. The standard InChI is InChI=1S/C12H23NO/c1-3-7-10(2)12(14)13-11-8-5-4-6-9-11/h10-11H,3-9H2,1-2H3,(H,13,14). The molecule has 1 aliphatic rings. The molecule has 82 valence electrons. The zero-order valence-electron chi connectivity index (χ0n) is 9.51. The van der Waals surface area contributed by atoms with Crippen molar-refractivity contribution in [3.05, 3.63) is 0 Å². The molecule has 0 heterocycles. The van der Waals surface area contributed by atoms with Gasteiger partial charge in [0.15, 0.2) is 0 Å². The molecule has 14 heavy (non-hydrogen) atoms. The van der Waals surface area contributed by atoms with Crippen molar-refractivity contribution in [3.63, 3.8) is 0 Å². The summed E-state index contributed by atoms with van der Waals surface area (Å²) in [5.41, 5.74) is 0. The molecule has 2 heteroatoms. The Labute approximate surface area is 87.5 Å². The molecule has 0 aromatic carbocycles. The topological polar surface area (TPSA) is 29.1 Å². The van der Waals surface area contributed by atoms with E-state index in [1.54, 1.807) is 0 Å². The second kappa shape index (κ2) is 6.05. The Bertz CT molecular complexity index is 173. The quantitative estimate of drug-likeness (QED) is 0.737. The smallest absolute Gasteiger partial charge is 0.223 e. The molecule has 1 amide bonds. The number of carbonyl (C=O) groups excluding carboxylic acids is 1. The summed E-state index contributed by atoms with van der Waals surface area (Å²) >= 11 is 0. The summed E-state index contributed by atoms with van der Waals surface area (Å²) in [6.07, 6.45) is 8.39. The van der Waals surface area contributed by atoms with Gasteiger partial charge in [-0.2, -0.15) is 0 Å². The molecule has 1 rings (SSSR count). The van der Waals surface area contributed by atoms with Gasteiger partial charge in [-0.05, 0) is 19.3 Å². The van der Waals surface area contributed by atoms with Crippen LogP contribution in [-0.2, 0) is 4.79 Å². The summed E-state index contributed by atoms with van der Waals surface area (Å²) in [5, 5.41) is 3.16. The van der Waals surface area contributed by atoms with Crippen LogP contribution in [-0.4, -0.2) is 11.9 Å². The molecular formula is C12H23NO. The van der Waals surface area contributed by atoms with Gasteiger partial charge in [-0.15, -0.1) is 0 Å². The minimum atomic E-state index is 0.196. The lowest BCUT2D eigenvalue weighted by Crippen LogP contribution is -2.39. The molecule has 0 bridgehead atoms. The van der Waals surface area contributed by atoms with Crippen LogP contribution in [0.1, 0.15) is 58.8 Å². The first-order valence-corrected chi connectivity index (χ1v) is 6.04. The Kier molecular flexibility index (Phi) is 4.99. The van der Waals surface area contributed by atoms with Crippen LogP contribution >= 0.6 is 0 Å². The number of hydrogen-bond acceptors (Lipinski definition) is 1. The molecular weight excluding hydrogens is 174 g/mol. The lowest BCUT2D eigenvalue weighted by atomic mass is 9.94. The minimum absolute atomic E-state index is 0.196. The monoisotopic (exact) mass is 197 g/mol. The SMILES string of the molecule is CCCC(C)C(=O)NC1CCCCC1. The average Bonchev–Trinajstić information content (AvgIpc) is 2.19. The Hall–Kier alpha value is -0.530. The molecule has 0 aliphatic heterocycles. The van der Waals surface area contributed by atoms with Crippen LogP contribution in [0.4, 0.5) is 0 Å². The third kappa shape index (κ3) is 3.69. The van der Waals surface area contributed by atoms with Crippen LogP contribution in [0.3, 0.4) is 0 Å². The third-order valence-corrected chi connectivity index (χ3v) is 3.12. The Morgan fingerprint density at radius 1 is 1.36 bits per heavy atom. The molecule has 0 aromatic heterocycles. The van der Waals surface area contributed by atoms with Gasteiger partial charge in [0, 0.05) is 12.0 Å². The van der Waals surface area contributed by atoms with E-state index < -0.39 is 0 Å². The summed E-state index contributed by atoms with van der Waals surface area (Å²) in [4.78, 5) is 11.7. The number of carbonyl (C=O) groups is 1. The van der Waals surface area contributed by atoms with Crippen molar-refractivity contribution in [2.24, 2.45) is 5.92 Å². The molecule has 1 saturated carbocycles. The van der Waals surface area contributed by atoms with E-state index in [1.807, 2.05) is 6.92 Å². The number of rotatable bonds is 4. The van der Waals surface area contributed by atoms with E-state index >= 15 is 0 Å². The third-order valence-electron chi connectivity index (χ3n) is 3.12. The Morgan fingerprint density at radius 2 is 2.00 bits per heavy atom. The van der Waals surface area contributed by atoms with E-state index in [1.165, 1.54) is 32.1 Å². The lowest BCUT2D eigenvalue weighted by Gasteiger charge is -2.24. The maximum atomic E-state index is 11.7. The predicted molar refractivity (Wildman–Crippen MR) is 59.1 cm³/mol. The number of amides is 1. The molecule has 1 N–H and O–H groups in total. The van der Waals surface area contributed by atoms with E-state index in [0.29, 0.717) is 6.04 Å². The normalized spacial score (nSPS) is 20.4. The van der Waals surface area contributed by atoms with Crippen LogP contribution < -0.4 is 5.32 Å². The first-order valence-electron chi connectivity index (χ1n) is 6.04. The second-order valence-corrected chi connectivity index (χ2v) is 4.53. The molecule has 2 nitrogen and oxygen atoms in total. The maximum Gasteiger partial charge on any atom is 0.223 e. The highest BCUT2D eigenvalue weighted by Crippen LogP contribution is 2.18. The van der Waals surface area contributed by atoms with E-state index in [9.17, 15) is 4.79 Å². The maximum absolute atomic E-state index is 11.7. The van der Waals surface area contributed by atoms with E-state index in [0.717, 1.165) is 12.8 Å². The highest BCUT2D eigenvalue weighted by atomic mass is 16.1. The second-order valence-electron chi connectivity index (χ2n) is 4.53. The Morgan fingerprint density at radius 3 is 2.57 bits per heavy atom. The molecule has 0 radical (unpaired) electrons. The summed E-state index contributed by atoms with van der Waals surface area (Å²) in [5.74, 6) is 0.459. The summed E-state index contributed by atoms with van der Waals surface area (Å²) in [6, 6.07) is 0.468. The van der Waals surface area contributed by atoms with Crippen LogP contribution in [0.25, 0.3) is 0 Å². The van der Waals surface area contributed by atoms with Gasteiger partial charge >= 0.3 is 0 Å². The number of hydrogen-bond donors (Lipinski definition) is 1. The van der Waals surface area contributed by atoms with Crippen molar-refractivity contribution in [2.75, 3.05) is 0 Å². The molecule has 0 spiro atoms. The first-order chi connectivity index (χ1) is 6.74. The van der Waals surface area contributed by atoms with Gasteiger partial charge in [0.25, 0.3) is 0 Å². The minimum Gasteiger partial charge on any atom is -0.353 e. The summed E-state index contributed by atoms with van der Waals surface area (Å²) in [6.45, 7) is 4.16. The zero-order valence-corrected chi connectivity index (χ0v) is 9.51. The van der Waals surface area contributed by atoms with Gasteiger partial charge in [-0.3, -0.25) is 4.79 Å². The molecule has 1 atom stereocenters. The Balaban J connectivity index is 2.24. The van der Waals surface area contributed by atoms with Crippen LogP contribution in [0.15, 0.2) is 0 Å². The molecule has 1 unspecified atom stereocenters. The number of nitrogens with one attached hydrogen (secondary N) is 1. The van der Waals surface area contributed by atoms with E-state index in [-0.39, 0.29) is 11.8 Å². The van der Waals surface area contributed by atoms with E-state index in [4.69, 9.17) is 0 Å². The van der Waals surface area contributed by atoms with Gasteiger partial charge < -0.3 is 5.32 Å². The van der Waals surface area contributed by atoms with E-state index in [2.05, 4.69) is 12.2 Å². The van der Waals surface area contributed by atoms with Crippen molar-refractivity contribution in [3.8, 4) is 0 Å². The molecule has 1 aliphatic carbocycles. The van der Waals surface area contributed by atoms with Crippen molar-refractivity contribution < 1.29 is 4.79 Å². The van der Waals surface area contributed by atoms with Crippen LogP contribution in [0.5, 0.6) is 0 Å². The van der Waals surface area contributed by atoms with Crippen molar-refractivity contribution in [2.45, 2.75) is 64.8 Å². The fourth-order valence-corrected chi connectivity index (χ4v) is 2.15. The van der Waals surface area contributed by atoms with Crippen molar-refractivity contribution in [1.29, 1.82) is 0 Å². The highest BCUT2D eigenvalue weighted by Gasteiger charge is 2.18. The van der Waals surface area contributed by atoms with Gasteiger partial charge in [-0.1, -0.05) is 39.5 Å². The van der Waals surface area contributed by atoms with Crippen LogP contribution in [0.2, 0.25) is 0 Å². The molecule has 0 saturated heterocycles. The van der Waals surface area contributed by atoms with Gasteiger partial charge in [0.1, 0.15) is 0 Å². The van der Waals surface area contributed by atoms with Gasteiger partial charge in [0.2, 0.25) is 5.91 Å². The predicted octanol–water partition coefficient (Wildman–Crippen LogP) is 2.87. The summed E-state index contributed by atoms with van der Waals surface area (Å²) in [7, 11) is 0. The fraction of sp³-hybridized carbons (Fsp3) is 0.917. The molecule has 1 fully saturated rings. The lowest BCUT2D eigenvalue weighted by molar-refractivity contribution is -0.125. The first kappa shape index (κ1) is 11.5. The van der Waals surface area contributed by atoms with Gasteiger partial charge in [-0.25, -0.2) is 0 Å². The highest BCUT2D eigenvalue weighted by molar-refractivity contribution is 5.78. The molecule has 0 aromatic rings. The van der Waals surface area contributed by atoms with Crippen molar-refractivity contribution >= 4 is 5.91 Å². The largest absolute Gasteiger partial charge is 0.353 e. The van der Waals surface area contributed by atoms with Crippen LogP contribution in [0, 0.1) is 5.92 Å². The van der Waals surface area contributed by atoms with Gasteiger partial charge in [0.05, 0.1) is 0 Å². The zero-order chi connectivity index (χ0) is 10.4. The average molecular weight is 197 g/mol. The summed E-state index contributed by atoms with van der Waals surface area (Å²) < 4.78 is 0.